The van der Waals surface area contributed by atoms with Crippen LogP contribution in [0.4, 0.5) is 5.95 Å². The van der Waals surface area contributed by atoms with Gasteiger partial charge in [0.25, 0.3) is 0 Å². The van der Waals surface area contributed by atoms with Crippen LogP contribution in [-0.2, 0) is 0 Å². The van der Waals surface area contributed by atoms with Crippen LogP contribution < -0.4 is 5.32 Å². The lowest BCUT2D eigenvalue weighted by molar-refractivity contribution is 0.355. The molecular formula is C24H29N7. The monoisotopic (exact) mass is 415 g/mol. The quantitative estimate of drug-likeness (QED) is 0.487. The predicted octanol–water partition coefficient (Wildman–Crippen LogP) is 5.17. The highest BCUT2D eigenvalue weighted by atomic mass is 15.3. The molecule has 0 radical (unpaired) electrons. The van der Waals surface area contributed by atoms with Gasteiger partial charge in [-0.15, -0.1) is 5.10 Å². The van der Waals surface area contributed by atoms with Gasteiger partial charge in [-0.05, 0) is 57.6 Å². The van der Waals surface area contributed by atoms with Gasteiger partial charge in [-0.25, -0.2) is 19.5 Å². The van der Waals surface area contributed by atoms with E-state index in [1.165, 1.54) is 44.9 Å². The second-order valence-corrected chi connectivity index (χ2v) is 9.30. The van der Waals surface area contributed by atoms with E-state index in [0.29, 0.717) is 18.0 Å². The van der Waals surface area contributed by atoms with Gasteiger partial charge in [-0.1, -0.05) is 19.3 Å². The molecule has 6 rings (SSSR count). The van der Waals surface area contributed by atoms with Crippen LogP contribution in [0.3, 0.4) is 0 Å². The Morgan fingerprint density at radius 2 is 1.87 bits per heavy atom. The second-order valence-electron chi connectivity index (χ2n) is 9.30. The van der Waals surface area contributed by atoms with Gasteiger partial charge in [0, 0.05) is 35.6 Å². The van der Waals surface area contributed by atoms with Crippen LogP contribution in [0.1, 0.15) is 63.7 Å². The van der Waals surface area contributed by atoms with Gasteiger partial charge in [-0.3, -0.25) is 0 Å². The van der Waals surface area contributed by atoms with Crippen LogP contribution in [0.15, 0.2) is 30.7 Å². The summed E-state index contributed by atoms with van der Waals surface area (Å²) in [6.45, 7) is 4.32. The molecule has 2 saturated carbocycles. The summed E-state index contributed by atoms with van der Waals surface area (Å²) in [5.41, 5.74) is 5.16. The highest BCUT2D eigenvalue weighted by Crippen LogP contribution is 2.35. The fourth-order valence-corrected chi connectivity index (χ4v) is 5.17. The van der Waals surface area contributed by atoms with E-state index in [1.807, 2.05) is 23.1 Å². The van der Waals surface area contributed by atoms with Gasteiger partial charge >= 0.3 is 0 Å². The summed E-state index contributed by atoms with van der Waals surface area (Å²) >= 11 is 0. The Morgan fingerprint density at radius 3 is 2.68 bits per heavy atom. The summed E-state index contributed by atoms with van der Waals surface area (Å²) in [6.07, 6.45) is 14.9. The smallest absolute Gasteiger partial charge is 0.241 e. The Hall–Kier alpha value is -2.96. The average molecular weight is 416 g/mol. The molecule has 0 spiro atoms. The van der Waals surface area contributed by atoms with E-state index in [9.17, 15) is 0 Å². The normalized spacial score (nSPS) is 18.6. The summed E-state index contributed by atoms with van der Waals surface area (Å²) in [5, 5.41) is 8.13. The van der Waals surface area contributed by atoms with Crippen molar-refractivity contribution in [1.82, 2.24) is 29.1 Å². The first-order chi connectivity index (χ1) is 15.2. The third-order valence-corrected chi connectivity index (χ3v) is 7.08. The largest absolute Gasteiger partial charge is 0.350 e. The van der Waals surface area contributed by atoms with E-state index >= 15 is 0 Å². The number of anilines is 1. The Morgan fingerprint density at radius 1 is 1.03 bits per heavy atom. The molecular weight excluding hydrogens is 386 g/mol. The molecule has 1 N–H and O–H groups in total. The van der Waals surface area contributed by atoms with Crippen molar-refractivity contribution >= 4 is 22.6 Å². The highest BCUT2D eigenvalue weighted by Gasteiger charge is 2.28. The number of aromatic nitrogens is 6. The SMILES string of the molecule is Cc1nc2ncc(-c3ccn4nc(N[C@H](C)C5CC5)ncc34)cc2n1C1CCCCC1. The minimum absolute atomic E-state index is 0.419. The number of pyridine rings is 1. The summed E-state index contributed by atoms with van der Waals surface area (Å²) in [4.78, 5) is 14.0. The minimum Gasteiger partial charge on any atom is -0.350 e. The Bertz CT molecular complexity index is 1240. The summed E-state index contributed by atoms with van der Waals surface area (Å²) in [5.74, 6) is 2.51. The molecule has 4 aromatic rings. The molecule has 0 bridgehead atoms. The number of aryl methyl sites for hydroxylation is 1. The minimum atomic E-state index is 0.419. The van der Waals surface area contributed by atoms with Crippen molar-refractivity contribution in [2.75, 3.05) is 5.32 Å². The molecule has 0 saturated heterocycles. The van der Waals surface area contributed by atoms with E-state index in [2.05, 4.69) is 45.9 Å². The number of rotatable bonds is 5. The Labute approximate surface area is 181 Å². The van der Waals surface area contributed by atoms with Gasteiger partial charge in [0.1, 0.15) is 5.82 Å². The molecule has 1 atom stereocenters. The third-order valence-electron chi connectivity index (χ3n) is 7.08. The van der Waals surface area contributed by atoms with Crippen molar-refractivity contribution in [3.63, 3.8) is 0 Å². The molecule has 7 heteroatoms. The van der Waals surface area contributed by atoms with Crippen molar-refractivity contribution in [2.45, 2.75) is 70.9 Å². The van der Waals surface area contributed by atoms with E-state index < -0.39 is 0 Å². The summed E-state index contributed by atoms with van der Waals surface area (Å²) in [6, 6.07) is 5.30. The van der Waals surface area contributed by atoms with Gasteiger partial charge in [-0.2, -0.15) is 0 Å². The summed E-state index contributed by atoms with van der Waals surface area (Å²) < 4.78 is 4.33. The Kier molecular flexibility index (Phi) is 4.44. The summed E-state index contributed by atoms with van der Waals surface area (Å²) in [7, 11) is 0. The van der Waals surface area contributed by atoms with Crippen molar-refractivity contribution in [2.24, 2.45) is 5.92 Å². The van der Waals surface area contributed by atoms with Crippen LogP contribution in [0, 0.1) is 12.8 Å². The van der Waals surface area contributed by atoms with Crippen LogP contribution in [0.5, 0.6) is 0 Å². The van der Waals surface area contributed by atoms with Crippen LogP contribution in [-0.4, -0.2) is 35.2 Å². The first-order valence-electron chi connectivity index (χ1n) is 11.6. The number of hydrogen-bond donors (Lipinski definition) is 1. The van der Waals surface area contributed by atoms with Gasteiger partial charge < -0.3 is 9.88 Å². The maximum Gasteiger partial charge on any atom is 0.241 e. The van der Waals surface area contributed by atoms with Gasteiger partial charge in [0.2, 0.25) is 5.95 Å². The molecule has 2 aliphatic carbocycles. The molecule has 0 amide bonds. The molecule has 2 aliphatic rings. The molecule has 31 heavy (non-hydrogen) atoms. The van der Waals surface area contributed by atoms with Crippen molar-refractivity contribution in [3.05, 3.63) is 36.5 Å². The number of nitrogens with one attached hydrogen (secondary N) is 1. The molecule has 4 aromatic heterocycles. The second kappa shape index (κ2) is 7.32. The first kappa shape index (κ1) is 18.8. The molecule has 0 aliphatic heterocycles. The molecule has 0 aromatic carbocycles. The number of fused-ring (bicyclic) bond motifs is 2. The zero-order valence-corrected chi connectivity index (χ0v) is 18.3. The van der Waals surface area contributed by atoms with Crippen molar-refractivity contribution in [3.8, 4) is 11.1 Å². The van der Waals surface area contributed by atoms with E-state index in [0.717, 1.165) is 39.5 Å². The lowest BCUT2D eigenvalue weighted by Crippen LogP contribution is -2.19. The third kappa shape index (κ3) is 3.36. The molecule has 160 valence electrons. The highest BCUT2D eigenvalue weighted by molar-refractivity contribution is 5.85. The van der Waals surface area contributed by atoms with Crippen LogP contribution >= 0.6 is 0 Å². The number of hydrogen-bond acceptors (Lipinski definition) is 5. The first-order valence-corrected chi connectivity index (χ1v) is 11.6. The van der Waals surface area contributed by atoms with E-state index in [-0.39, 0.29) is 0 Å². The van der Waals surface area contributed by atoms with E-state index in [1.54, 1.807) is 0 Å². The fraction of sp³-hybridized carbons (Fsp3) is 0.500. The Balaban J connectivity index is 1.37. The number of imidazole rings is 1. The van der Waals surface area contributed by atoms with Crippen molar-refractivity contribution in [1.29, 1.82) is 0 Å². The maximum absolute atomic E-state index is 4.75. The van der Waals surface area contributed by atoms with Crippen LogP contribution in [0.25, 0.3) is 27.8 Å². The predicted molar refractivity (Wildman–Crippen MR) is 122 cm³/mol. The molecule has 4 heterocycles. The molecule has 2 fully saturated rings. The fourth-order valence-electron chi connectivity index (χ4n) is 5.17. The molecule has 0 unspecified atom stereocenters. The average Bonchev–Trinajstić information content (AvgIpc) is 3.47. The lowest BCUT2D eigenvalue weighted by Gasteiger charge is -2.24. The lowest BCUT2D eigenvalue weighted by atomic mass is 9.95. The zero-order valence-electron chi connectivity index (χ0n) is 18.3. The number of nitrogens with zero attached hydrogens (tertiary/aromatic N) is 6. The van der Waals surface area contributed by atoms with Crippen molar-refractivity contribution < 1.29 is 0 Å². The maximum atomic E-state index is 4.75. The topological polar surface area (TPSA) is 72.9 Å². The molecule has 7 nitrogen and oxygen atoms in total. The van der Waals surface area contributed by atoms with Gasteiger partial charge in [0.05, 0.1) is 17.2 Å². The zero-order chi connectivity index (χ0) is 20.9. The van der Waals surface area contributed by atoms with Gasteiger partial charge in [0.15, 0.2) is 5.65 Å². The van der Waals surface area contributed by atoms with E-state index in [4.69, 9.17) is 9.97 Å². The van der Waals surface area contributed by atoms with Crippen LogP contribution in [0.2, 0.25) is 0 Å². The standard InChI is InChI=1S/C24H29N7/c1-15(17-8-9-17)27-24-26-14-22-20(10-11-30(22)29-24)18-12-21-23(25-13-18)28-16(2)31(21)19-6-4-3-5-7-19/h10-15,17,19H,3-9H2,1-2H3,(H,27,29)/t15-/m1/s1.